The van der Waals surface area contributed by atoms with Crippen LogP contribution >= 0.6 is 0 Å². The first kappa shape index (κ1) is 14.6. The normalized spacial score (nSPS) is 16.8. The van der Waals surface area contributed by atoms with Crippen molar-refractivity contribution >= 4 is 5.97 Å². The first-order valence-electron chi connectivity index (χ1n) is 7.41. The highest BCUT2D eigenvalue weighted by Crippen LogP contribution is 2.20. The summed E-state index contributed by atoms with van der Waals surface area (Å²) in [5.74, 6) is -0.227. The Morgan fingerprint density at radius 1 is 1.25 bits per heavy atom. The summed E-state index contributed by atoms with van der Waals surface area (Å²) in [5, 5.41) is 3.23. The van der Waals surface area contributed by atoms with Crippen LogP contribution < -0.4 is 5.32 Å². The summed E-state index contributed by atoms with van der Waals surface area (Å²) < 4.78 is 5.46. The molecule has 108 valence electrons. The van der Waals surface area contributed by atoms with Crippen LogP contribution in [0.1, 0.15) is 44.6 Å². The summed E-state index contributed by atoms with van der Waals surface area (Å²) in [7, 11) is 0. The molecule has 0 amide bonds. The van der Waals surface area contributed by atoms with Crippen LogP contribution in [0.3, 0.4) is 0 Å². The summed E-state index contributed by atoms with van der Waals surface area (Å²) >= 11 is 0. The highest BCUT2D eigenvalue weighted by molar-refractivity contribution is 5.82. The number of ether oxygens (including phenoxy) is 1. The predicted octanol–water partition coefficient (Wildman–Crippen LogP) is 3.56. The lowest BCUT2D eigenvalue weighted by Crippen LogP contribution is -2.21. The molecule has 20 heavy (non-hydrogen) atoms. The first-order valence-corrected chi connectivity index (χ1v) is 7.41. The monoisotopic (exact) mass is 273 g/mol. The van der Waals surface area contributed by atoms with E-state index in [4.69, 9.17) is 4.74 Å². The van der Waals surface area contributed by atoms with Crippen molar-refractivity contribution in [3.8, 4) is 0 Å². The van der Waals surface area contributed by atoms with E-state index >= 15 is 0 Å². The van der Waals surface area contributed by atoms with Crippen LogP contribution in [0.25, 0.3) is 0 Å². The fraction of sp³-hybridized carbons (Fsp3) is 0.471. The quantitative estimate of drug-likeness (QED) is 0.658. The zero-order chi connectivity index (χ0) is 14.2. The summed E-state index contributed by atoms with van der Waals surface area (Å²) in [6.07, 6.45) is 7.31. The maximum atomic E-state index is 11.8. The molecule has 0 unspecified atom stereocenters. The summed E-state index contributed by atoms with van der Waals surface area (Å²) in [4.78, 5) is 11.8. The topological polar surface area (TPSA) is 38.3 Å². The van der Waals surface area contributed by atoms with E-state index in [0.717, 1.165) is 25.1 Å². The Hall–Kier alpha value is -1.77. The molecule has 1 aromatic carbocycles. The Bertz CT molecular complexity index is 447. The van der Waals surface area contributed by atoms with Crippen molar-refractivity contribution in [2.75, 3.05) is 0 Å². The number of rotatable bonds is 5. The van der Waals surface area contributed by atoms with Gasteiger partial charge in [0.15, 0.2) is 0 Å². The fourth-order valence-electron chi connectivity index (χ4n) is 2.45. The van der Waals surface area contributed by atoms with Gasteiger partial charge in [0, 0.05) is 18.3 Å². The molecule has 0 saturated heterocycles. The molecular weight excluding hydrogens is 250 g/mol. The summed E-state index contributed by atoms with van der Waals surface area (Å²) in [6, 6.07) is 10.1. The molecule has 0 bridgehead atoms. The van der Waals surface area contributed by atoms with Crippen molar-refractivity contribution < 1.29 is 9.53 Å². The molecule has 1 aliphatic rings. The second kappa shape index (κ2) is 7.73. The SMILES string of the molecule is C/C(=C\C(=O)OC1CCCCC1)NCc1ccccc1. The largest absolute Gasteiger partial charge is 0.459 e. The van der Waals surface area contributed by atoms with Crippen LogP contribution in [0, 0.1) is 0 Å². The highest BCUT2D eigenvalue weighted by atomic mass is 16.5. The molecule has 3 heteroatoms. The zero-order valence-electron chi connectivity index (χ0n) is 12.1. The van der Waals surface area contributed by atoms with Crippen LogP contribution in [0.15, 0.2) is 42.1 Å². The van der Waals surface area contributed by atoms with E-state index in [9.17, 15) is 4.79 Å². The number of benzene rings is 1. The molecule has 0 aliphatic heterocycles. The van der Waals surface area contributed by atoms with Crippen molar-refractivity contribution in [3.05, 3.63) is 47.7 Å². The minimum absolute atomic E-state index is 0.120. The van der Waals surface area contributed by atoms with Crippen LogP contribution in [0.2, 0.25) is 0 Å². The van der Waals surface area contributed by atoms with Crippen molar-refractivity contribution in [1.29, 1.82) is 0 Å². The molecule has 0 heterocycles. The van der Waals surface area contributed by atoms with Gasteiger partial charge < -0.3 is 10.1 Å². The van der Waals surface area contributed by atoms with E-state index in [0.29, 0.717) is 0 Å². The molecule has 0 radical (unpaired) electrons. The molecular formula is C17H23NO2. The average molecular weight is 273 g/mol. The van der Waals surface area contributed by atoms with Gasteiger partial charge in [-0.3, -0.25) is 0 Å². The standard InChI is InChI=1S/C17H23NO2/c1-14(18-13-15-8-4-2-5-9-15)12-17(19)20-16-10-6-3-7-11-16/h2,4-5,8-9,12,16,18H,3,6-7,10-11,13H2,1H3/b14-12+. The number of allylic oxidation sites excluding steroid dienone is 1. The maximum Gasteiger partial charge on any atom is 0.332 e. The lowest BCUT2D eigenvalue weighted by atomic mass is 9.98. The number of esters is 1. The Morgan fingerprint density at radius 2 is 1.95 bits per heavy atom. The molecule has 2 rings (SSSR count). The van der Waals surface area contributed by atoms with Gasteiger partial charge >= 0.3 is 5.97 Å². The lowest BCUT2D eigenvalue weighted by molar-refractivity contribution is -0.144. The predicted molar refractivity (Wildman–Crippen MR) is 80.0 cm³/mol. The van der Waals surface area contributed by atoms with Gasteiger partial charge in [-0.1, -0.05) is 36.8 Å². The van der Waals surface area contributed by atoms with Gasteiger partial charge in [-0.05, 0) is 38.2 Å². The fourth-order valence-corrected chi connectivity index (χ4v) is 2.45. The van der Waals surface area contributed by atoms with E-state index in [2.05, 4.69) is 17.4 Å². The Labute approximate surface area is 121 Å². The smallest absolute Gasteiger partial charge is 0.332 e. The van der Waals surface area contributed by atoms with Gasteiger partial charge in [0.05, 0.1) is 0 Å². The Morgan fingerprint density at radius 3 is 2.65 bits per heavy atom. The van der Waals surface area contributed by atoms with Crippen LogP contribution in [0.5, 0.6) is 0 Å². The van der Waals surface area contributed by atoms with Crippen molar-refractivity contribution in [1.82, 2.24) is 5.32 Å². The second-order valence-corrected chi connectivity index (χ2v) is 5.36. The second-order valence-electron chi connectivity index (χ2n) is 5.36. The molecule has 1 saturated carbocycles. The summed E-state index contributed by atoms with van der Waals surface area (Å²) in [6.45, 7) is 2.62. The zero-order valence-corrected chi connectivity index (χ0v) is 12.1. The number of carbonyl (C=O) groups excluding carboxylic acids is 1. The Kier molecular flexibility index (Phi) is 5.66. The van der Waals surface area contributed by atoms with Crippen molar-refractivity contribution in [2.45, 2.75) is 51.7 Å². The minimum atomic E-state index is -0.227. The lowest BCUT2D eigenvalue weighted by Gasteiger charge is -2.21. The molecule has 0 aromatic heterocycles. The molecule has 0 atom stereocenters. The third kappa shape index (κ3) is 5.08. The third-order valence-electron chi connectivity index (χ3n) is 3.58. The highest BCUT2D eigenvalue weighted by Gasteiger charge is 2.16. The van der Waals surface area contributed by atoms with Crippen LogP contribution in [-0.2, 0) is 16.1 Å². The van der Waals surface area contributed by atoms with E-state index in [1.54, 1.807) is 6.08 Å². The number of carbonyl (C=O) groups is 1. The summed E-state index contributed by atoms with van der Waals surface area (Å²) in [5.41, 5.74) is 2.04. The van der Waals surface area contributed by atoms with Gasteiger partial charge in [0.25, 0.3) is 0 Å². The van der Waals surface area contributed by atoms with E-state index < -0.39 is 0 Å². The third-order valence-corrected chi connectivity index (χ3v) is 3.58. The van der Waals surface area contributed by atoms with E-state index in [1.807, 2.05) is 25.1 Å². The minimum Gasteiger partial charge on any atom is -0.459 e. The van der Waals surface area contributed by atoms with Crippen LogP contribution in [-0.4, -0.2) is 12.1 Å². The van der Waals surface area contributed by atoms with Gasteiger partial charge in [0.2, 0.25) is 0 Å². The van der Waals surface area contributed by atoms with Crippen molar-refractivity contribution in [3.63, 3.8) is 0 Å². The molecule has 0 spiro atoms. The number of nitrogens with one attached hydrogen (secondary N) is 1. The van der Waals surface area contributed by atoms with Gasteiger partial charge in [-0.25, -0.2) is 4.79 Å². The maximum absolute atomic E-state index is 11.8. The van der Waals surface area contributed by atoms with Crippen LogP contribution in [0.4, 0.5) is 0 Å². The molecule has 1 aromatic rings. The molecule has 1 N–H and O–H groups in total. The average Bonchev–Trinajstić information content (AvgIpc) is 2.47. The Balaban J connectivity index is 1.75. The van der Waals surface area contributed by atoms with Gasteiger partial charge in [0.1, 0.15) is 6.10 Å². The first-order chi connectivity index (χ1) is 9.74. The van der Waals surface area contributed by atoms with Gasteiger partial charge in [-0.2, -0.15) is 0 Å². The number of hydrogen-bond donors (Lipinski definition) is 1. The van der Waals surface area contributed by atoms with Gasteiger partial charge in [-0.15, -0.1) is 0 Å². The van der Waals surface area contributed by atoms with E-state index in [1.165, 1.54) is 24.8 Å². The molecule has 3 nitrogen and oxygen atoms in total. The van der Waals surface area contributed by atoms with E-state index in [-0.39, 0.29) is 12.1 Å². The number of hydrogen-bond acceptors (Lipinski definition) is 3. The van der Waals surface area contributed by atoms with Crippen molar-refractivity contribution in [2.24, 2.45) is 0 Å². The molecule has 1 fully saturated rings. The molecule has 1 aliphatic carbocycles.